The summed E-state index contributed by atoms with van der Waals surface area (Å²) < 4.78 is 5.83. The number of nitrogens with zero attached hydrogens (tertiary/aromatic N) is 2. The fourth-order valence-corrected chi connectivity index (χ4v) is 3.27. The molecule has 1 saturated heterocycles. The van der Waals surface area contributed by atoms with Gasteiger partial charge < -0.3 is 19.9 Å². The normalized spacial score (nSPS) is 15.8. The van der Waals surface area contributed by atoms with Gasteiger partial charge in [0.05, 0.1) is 6.61 Å². The lowest BCUT2D eigenvalue weighted by Crippen LogP contribution is -2.46. The lowest BCUT2D eigenvalue weighted by Gasteiger charge is -2.24. The number of rotatable bonds is 8. The number of aryl methyl sites for hydroxylation is 2. The highest BCUT2D eigenvalue weighted by Crippen LogP contribution is 2.18. The van der Waals surface area contributed by atoms with Crippen molar-refractivity contribution >= 4 is 6.03 Å². The van der Waals surface area contributed by atoms with E-state index in [0.29, 0.717) is 13.2 Å². The molecule has 1 aliphatic heterocycles. The van der Waals surface area contributed by atoms with Gasteiger partial charge in [-0.15, -0.1) is 0 Å². The van der Waals surface area contributed by atoms with Gasteiger partial charge in [-0.2, -0.15) is 0 Å². The highest BCUT2D eigenvalue weighted by Gasteiger charge is 2.17. The molecule has 5 nitrogen and oxygen atoms in total. The lowest BCUT2D eigenvalue weighted by molar-refractivity contribution is 0.195. The number of hydrogen-bond acceptors (Lipinski definition) is 3. The molecule has 1 aliphatic rings. The number of amides is 2. The SMILES string of the molecule is Cc1ccc(OCCCN(C)C(=O)NC(C)CN2CCCC2)c(C)c1. The third kappa shape index (κ3) is 6.58. The summed E-state index contributed by atoms with van der Waals surface area (Å²) in [6.45, 7) is 10.8. The lowest BCUT2D eigenvalue weighted by atomic mass is 10.1. The number of ether oxygens (including phenoxy) is 1. The maximum absolute atomic E-state index is 12.2. The first-order chi connectivity index (χ1) is 12.0. The Morgan fingerprint density at radius 3 is 2.72 bits per heavy atom. The molecule has 25 heavy (non-hydrogen) atoms. The molecule has 0 aromatic heterocycles. The van der Waals surface area contributed by atoms with E-state index in [0.717, 1.165) is 37.4 Å². The molecule has 0 radical (unpaired) electrons. The van der Waals surface area contributed by atoms with E-state index in [1.54, 1.807) is 4.90 Å². The number of benzene rings is 1. The Morgan fingerprint density at radius 2 is 2.04 bits per heavy atom. The minimum atomic E-state index is -0.00165. The molecule has 0 aliphatic carbocycles. The van der Waals surface area contributed by atoms with Crippen LogP contribution in [0.4, 0.5) is 4.79 Å². The summed E-state index contributed by atoms with van der Waals surface area (Å²) >= 11 is 0. The van der Waals surface area contributed by atoms with Gasteiger partial charge in [-0.1, -0.05) is 17.7 Å². The van der Waals surface area contributed by atoms with Crippen molar-refractivity contribution in [1.29, 1.82) is 0 Å². The van der Waals surface area contributed by atoms with E-state index < -0.39 is 0 Å². The molecule has 1 N–H and O–H groups in total. The summed E-state index contributed by atoms with van der Waals surface area (Å²) in [5.74, 6) is 0.928. The number of likely N-dealkylation sites (tertiary alicyclic amines) is 1. The molecule has 1 fully saturated rings. The Kier molecular flexibility index (Phi) is 7.56. The molecule has 1 atom stereocenters. The van der Waals surface area contributed by atoms with Gasteiger partial charge >= 0.3 is 6.03 Å². The minimum absolute atomic E-state index is 0.00165. The van der Waals surface area contributed by atoms with Crippen LogP contribution in [0.15, 0.2) is 18.2 Å². The molecule has 1 aromatic rings. The predicted molar refractivity (Wildman–Crippen MR) is 102 cm³/mol. The topological polar surface area (TPSA) is 44.8 Å². The first-order valence-electron chi connectivity index (χ1n) is 9.39. The first kappa shape index (κ1) is 19.6. The predicted octanol–water partition coefficient (Wildman–Crippen LogP) is 3.20. The van der Waals surface area contributed by atoms with Crippen LogP contribution in [0.2, 0.25) is 0 Å². The molecular formula is C20H33N3O2. The fraction of sp³-hybridized carbons (Fsp3) is 0.650. The van der Waals surface area contributed by atoms with Gasteiger partial charge in [-0.25, -0.2) is 4.79 Å². The van der Waals surface area contributed by atoms with E-state index in [1.807, 2.05) is 13.1 Å². The van der Waals surface area contributed by atoms with Crippen LogP contribution in [0.5, 0.6) is 5.75 Å². The Hall–Kier alpha value is -1.75. The summed E-state index contributed by atoms with van der Waals surface area (Å²) in [5, 5.41) is 3.08. The molecule has 2 amide bonds. The Bertz CT molecular complexity index is 556. The zero-order valence-electron chi connectivity index (χ0n) is 16.2. The van der Waals surface area contributed by atoms with Gasteiger partial charge in [0.25, 0.3) is 0 Å². The molecular weight excluding hydrogens is 314 g/mol. The number of nitrogens with one attached hydrogen (secondary N) is 1. The second-order valence-electron chi connectivity index (χ2n) is 7.25. The van der Waals surface area contributed by atoms with E-state index in [2.05, 4.69) is 43.1 Å². The third-order valence-corrected chi connectivity index (χ3v) is 4.67. The number of carbonyl (C=O) groups excluding carboxylic acids is 1. The molecule has 0 bridgehead atoms. The van der Waals surface area contributed by atoms with Gasteiger partial charge in [0, 0.05) is 26.2 Å². The molecule has 140 valence electrons. The van der Waals surface area contributed by atoms with Crippen LogP contribution in [-0.4, -0.2) is 61.7 Å². The standard InChI is InChI=1S/C20H33N3O2/c1-16-8-9-19(17(2)14-16)25-13-7-10-22(4)20(24)21-18(3)15-23-11-5-6-12-23/h8-9,14,18H,5-7,10-13,15H2,1-4H3,(H,21,24). The van der Waals surface area contributed by atoms with Crippen LogP contribution in [0.25, 0.3) is 0 Å². The summed E-state index contributed by atoms with van der Waals surface area (Å²) in [6.07, 6.45) is 3.37. The van der Waals surface area contributed by atoms with Crippen LogP contribution in [0.1, 0.15) is 37.3 Å². The Morgan fingerprint density at radius 1 is 1.32 bits per heavy atom. The maximum atomic E-state index is 12.2. The Labute approximate surface area is 152 Å². The van der Waals surface area contributed by atoms with Crippen LogP contribution >= 0.6 is 0 Å². The molecule has 1 heterocycles. The van der Waals surface area contributed by atoms with Crippen LogP contribution in [-0.2, 0) is 0 Å². The first-order valence-corrected chi connectivity index (χ1v) is 9.39. The van der Waals surface area contributed by atoms with Gasteiger partial charge in [0.2, 0.25) is 0 Å². The van der Waals surface area contributed by atoms with Crippen LogP contribution < -0.4 is 10.1 Å². The second-order valence-corrected chi connectivity index (χ2v) is 7.25. The molecule has 0 spiro atoms. The van der Waals surface area contributed by atoms with Crippen molar-refractivity contribution in [3.63, 3.8) is 0 Å². The summed E-state index contributed by atoms with van der Waals surface area (Å²) in [5.41, 5.74) is 2.39. The summed E-state index contributed by atoms with van der Waals surface area (Å²) in [6, 6.07) is 6.37. The van der Waals surface area contributed by atoms with Crippen molar-refractivity contribution in [3.8, 4) is 5.75 Å². The van der Waals surface area contributed by atoms with E-state index in [-0.39, 0.29) is 12.1 Å². The fourth-order valence-electron chi connectivity index (χ4n) is 3.27. The third-order valence-electron chi connectivity index (χ3n) is 4.67. The molecule has 0 saturated carbocycles. The van der Waals surface area contributed by atoms with Crippen molar-refractivity contribution in [2.24, 2.45) is 0 Å². The van der Waals surface area contributed by atoms with Crippen molar-refractivity contribution in [1.82, 2.24) is 15.1 Å². The van der Waals surface area contributed by atoms with Gasteiger partial charge in [-0.3, -0.25) is 0 Å². The Balaban J connectivity index is 1.63. The maximum Gasteiger partial charge on any atom is 0.317 e. The van der Waals surface area contributed by atoms with Crippen molar-refractivity contribution in [2.45, 2.75) is 46.1 Å². The molecule has 2 rings (SSSR count). The van der Waals surface area contributed by atoms with Gasteiger partial charge in [-0.05, 0) is 64.8 Å². The largest absolute Gasteiger partial charge is 0.493 e. The van der Waals surface area contributed by atoms with E-state index in [9.17, 15) is 4.79 Å². The zero-order chi connectivity index (χ0) is 18.2. The average Bonchev–Trinajstić information content (AvgIpc) is 3.05. The van der Waals surface area contributed by atoms with Crippen molar-refractivity contribution in [2.75, 3.05) is 39.8 Å². The number of carbonyl (C=O) groups is 1. The van der Waals surface area contributed by atoms with E-state index >= 15 is 0 Å². The monoisotopic (exact) mass is 347 g/mol. The van der Waals surface area contributed by atoms with E-state index in [1.165, 1.54) is 18.4 Å². The zero-order valence-corrected chi connectivity index (χ0v) is 16.2. The van der Waals surface area contributed by atoms with Crippen LogP contribution in [0, 0.1) is 13.8 Å². The number of urea groups is 1. The highest BCUT2D eigenvalue weighted by atomic mass is 16.5. The van der Waals surface area contributed by atoms with Gasteiger partial charge in [0.15, 0.2) is 0 Å². The number of hydrogen-bond donors (Lipinski definition) is 1. The molecule has 1 unspecified atom stereocenters. The molecule has 1 aromatic carbocycles. The smallest absolute Gasteiger partial charge is 0.317 e. The molecule has 5 heteroatoms. The summed E-state index contributed by atoms with van der Waals surface area (Å²) in [7, 11) is 1.84. The van der Waals surface area contributed by atoms with Crippen molar-refractivity contribution < 1.29 is 9.53 Å². The van der Waals surface area contributed by atoms with Gasteiger partial charge in [0.1, 0.15) is 5.75 Å². The van der Waals surface area contributed by atoms with Crippen LogP contribution in [0.3, 0.4) is 0 Å². The quantitative estimate of drug-likeness (QED) is 0.735. The average molecular weight is 348 g/mol. The summed E-state index contributed by atoms with van der Waals surface area (Å²) in [4.78, 5) is 16.4. The highest BCUT2D eigenvalue weighted by molar-refractivity contribution is 5.74. The van der Waals surface area contributed by atoms with E-state index in [4.69, 9.17) is 4.74 Å². The van der Waals surface area contributed by atoms with Crippen molar-refractivity contribution in [3.05, 3.63) is 29.3 Å². The second kappa shape index (κ2) is 9.66. The minimum Gasteiger partial charge on any atom is -0.493 e.